The van der Waals surface area contributed by atoms with E-state index in [2.05, 4.69) is 68.2 Å². The Morgan fingerprint density at radius 1 is 1.10 bits per heavy atom. The van der Waals surface area contributed by atoms with Gasteiger partial charge in [-0.2, -0.15) is 0 Å². The van der Waals surface area contributed by atoms with Crippen LogP contribution in [-0.2, 0) is 6.42 Å². The summed E-state index contributed by atoms with van der Waals surface area (Å²) in [5.41, 5.74) is 1.45. The van der Waals surface area contributed by atoms with Crippen molar-refractivity contribution in [2.45, 2.75) is 46.2 Å². The van der Waals surface area contributed by atoms with Crippen LogP contribution in [0.4, 0.5) is 0 Å². The van der Waals surface area contributed by atoms with Gasteiger partial charge >= 0.3 is 0 Å². The summed E-state index contributed by atoms with van der Waals surface area (Å²) in [5.74, 6) is 1.42. The minimum atomic E-state index is 0.640. The third-order valence-electron chi connectivity index (χ3n) is 4.59. The Labute approximate surface area is 124 Å². The van der Waals surface area contributed by atoms with E-state index in [0.29, 0.717) is 23.9 Å². The molecule has 0 aliphatic carbocycles. The van der Waals surface area contributed by atoms with Crippen molar-refractivity contribution < 1.29 is 0 Å². The van der Waals surface area contributed by atoms with Gasteiger partial charge < -0.3 is 5.32 Å². The number of benzene rings is 1. The molecule has 20 heavy (non-hydrogen) atoms. The lowest BCUT2D eigenvalue weighted by molar-refractivity contribution is 0.0864. The topological polar surface area (TPSA) is 15.3 Å². The normalized spacial score (nSPS) is 24.5. The molecule has 2 nitrogen and oxygen atoms in total. The Balaban J connectivity index is 1.96. The molecule has 2 unspecified atom stereocenters. The van der Waals surface area contributed by atoms with Crippen LogP contribution in [0.15, 0.2) is 30.3 Å². The van der Waals surface area contributed by atoms with Gasteiger partial charge in [-0.3, -0.25) is 4.90 Å². The summed E-state index contributed by atoms with van der Waals surface area (Å²) in [6, 6.07) is 12.2. The van der Waals surface area contributed by atoms with E-state index in [0.717, 1.165) is 13.0 Å². The van der Waals surface area contributed by atoms with Crippen LogP contribution < -0.4 is 5.32 Å². The highest BCUT2D eigenvalue weighted by molar-refractivity contribution is 5.15. The lowest BCUT2D eigenvalue weighted by atomic mass is 9.94. The van der Waals surface area contributed by atoms with E-state index in [1.54, 1.807) is 0 Å². The fraction of sp³-hybridized carbons (Fsp3) is 0.667. The zero-order valence-electron chi connectivity index (χ0n) is 13.5. The van der Waals surface area contributed by atoms with Crippen molar-refractivity contribution in [1.29, 1.82) is 0 Å². The predicted molar refractivity (Wildman–Crippen MR) is 87.0 cm³/mol. The second kappa shape index (κ2) is 7.24. The van der Waals surface area contributed by atoms with Gasteiger partial charge in [0.2, 0.25) is 0 Å². The van der Waals surface area contributed by atoms with E-state index in [4.69, 9.17) is 0 Å². The molecule has 1 aliphatic heterocycles. The molecule has 1 fully saturated rings. The van der Waals surface area contributed by atoms with Gasteiger partial charge in [0.15, 0.2) is 0 Å². The molecule has 2 atom stereocenters. The summed E-state index contributed by atoms with van der Waals surface area (Å²) in [7, 11) is 0. The molecule has 112 valence electrons. The average Bonchev–Trinajstić information content (AvgIpc) is 2.45. The van der Waals surface area contributed by atoms with Crippen molar-refractivity contribution in [3.63, 3.8) is 0 Å². The Morgan fingerprint density at radius 3 is 2.40 bits per heavy atom. The lowest BCUT2D eigenvalue weighted by Crippen LogP contribution is -2.59. The van der Waals surface area contributed by atoms with Gasteiger partial charge in [0.1, 0.15) is 0 Å². The van der Waals surface area contributed by atoms with Gasteiger partial charge in [-0.15, -0.1) is 0 Å². The summed E-state index contributed by atoms with van der Waals surface area (Å²) in [4.78, 5) is 2.71. The zero-order chi connectivity index (χ0) is 14.5. The largest absolute Gasteiger partial charge is 0.311 e. The maximum Gasteiger partial charge on any atom is 0.0244 e. The molecule has 1 N–H and O–H groups in total. The first-order valence-electron chi connectivity index (χ1n) is 8.09. The molecule has 0 saturated carbocycles. The average molecular weight is 274 g/mol. The molecule has 0 aromatic heterocycles. The van der Waals surface area contributed by atoms with E-state index < -0.39 is 0 Å². The molecule has 1 heterocycles. The van der Waals surface area contributed by atoms with Crippen molar-refractivity contribution in [3.05, 3.63) is 35.9 Å². The van der Waals surface area contributed by atoms with E-state index >= 15 is 0 Å². The van der Waals surface area contributed by atoms with Crippen molar-refractivity contribution in [3.8, 4) is 0 Å². The number of hydrogen-bond acceptors (Lipinski definition) is 2. The first kappa shape index (κ1) is 15.5. The van der Waals surface area contributed by atoms with E-state index in [1.165, 1.54) is 18.7 Å². The van der Waals surface area contributed by atoms with Crippen LogP contribution in [0.3, 0.4) is 0 Å². The Kier molecular flexibility index (Phi) is 5.62. The maximum absolute atomic E-state index is 3.74. The maximum atomic E-state index is 3.74. The van der Waals surface area contributed by atoms with Crippen molar-refractivity contribution in [2.75, 3.05) is 19.6 Å². The smallest absolute Gasteiger partial charge is 0.0244 e. The predicted octanol–water partition coefficient (Wildman–Crippen LogP) is 3.18. The van der Waals surface area contributed by atoms with Crippen molar-refractivity contribution in [1.82, 2.24) is 10.2 Å². The summed E-state index contributed by atoms with van der Waals surface area (Å²) in [6.45, 7) is 12.8. The molecule has 0 radical (unpaired) electrons. The van der Waals surface area contributed by atoms with Crippen LogP contribution in [-0.4, -0.2) is 36.6 Å². The fourth-order valence-corrected chi connectivity index (χ4v) is 3.13. The molecule has 1 aliphatic rings. The van der Waals surface area contributed by atoms with Crippen LogP contribution in [0.1, 0.15) is 33.3 Å². The molecular weight excluding hydrogens is 244 g/mol. The minimum absolute atomic E-state index is 0.640. The number of rotatable bonds is 5. The summed E-state index contributed by atoms with van der Waals surface area (Å²) < 4.78 is 0. The molecule has 2 heteroatoms. The van der Waals surface area contributed by atoms with E-state index in [1.807, 2.05) is 0 Å². The van der Waals surface area contributed by atoms with Gasteiger partial charge in [0, 0.05) is 31.7 Å². The van der Waals surface area contributed by atoms with Gasteiger partial charge in [-0.25, -0.2) is 0 Å². The SMILES string of the molecule is CC(C)C1CN(CCc2ccccc2)C(C(C)C)CN1. The summed E-state index contributed by atoms with van der Waals surface area (Å²) >= 11 is 0. The number of piperazine rings is 1. The highest BCUT2D eigenvalue weighted by Crippen LogP contribution is 2.18. The van der Waals surface area contributed by atoms with Crippen LogP contribution in [0.2, 0.25) is 0 Å². The van der Waals surface area contributed by atoms with Crippen molar-refractivity contribution in [2.24, 2.45) is 11.8 Å². The monoisotopic (exact) mass is 274 g/mol. The van der Waals surface area contributed by atoms with Gasteiger partial charge in [0.25, 0.3) is 0 Å². The fourth-order valence-electron chi connectivity index (χ4n) is 3.13. The third kappa shape index (κ3) is 4.07. The van der Waals surface area contributed by atoms with Gasteiger partial charge in [-0.05, 0) is 23.8 Å². The number of nitrogens with one attached hydrogen (secondary N) is 1. The molecule has 1 aromatic rings. The lowest BCUT2D eigenvalue weighted by Gasteiger charge is -2.43. The highest BCUT2D eigenvalue weighted by atomic mass is 15.2. The molecular formula is C18H30N2. The molecule has 1 saturated heterocycles. The first-order chi connectivity index (χ1) is 9.58. The molecule has 1 aromatic carbocycles. The first-order valence-corrected chi connectivity index (χ1v) is 8.09. The Bertz CT molecular complexity index is 386. The Hall–Kier alpha value is -0.860. The van der Waals surface area contributed by atoms with E-state index in [9.17, 15) is 0 Å². The Morgan fingerprint density at radius 2 is 1.80 bits per heavy atom. The number of hydrogen-bond donors (Lipinski definition) is 1. The van der Waals surface area contributed by atoms with Crippen LogP contribution in [0.25, 0.3) is 0 Å². The van der Waals surface area contributed by atoms with Crippen LogP contribution >= 0.6 is 0 Å². The molecule has 0 bridgehead atoms. The van der Waals surface area contributed by atoms with Crippen molar-refractivity contribution >= 4 is 0 Å². The molecule has 0 amide bonds. The van der Waals surface area contributed by atoms with Crippen LogP contribution in [0.5, 0.6) is 0 Å². The quantitative estimate of drug-likeness (QED) is 0.887. The highest BCUT2D eigenvalue weighted by Gasteiger charge is 2.30. The number of nitrogens with zero attached hydrogens (tertiary/aromatic N) is 1. The second-order valence-electron chi connectivity index (χ2n) is 6.80. The summed E-state index contributed by atoms with van der Waals surface area (Å²) in [6.07, 6.45) is 1.16. The minimum Gasteiger partial charge on any atom is -0.311 e. The van der Waals surface area contributed by atoms with Gasteiger partial charge in [0.05, 0.1) is 0 Å². The third-order valence-corrected chi connectivity index (χ3v) is 4.59. The zero-order valence-corrected chi connectivity index (χ0v) is 13.5. The molecule has 2 rings (SSSR count). The van der Waals surface area contributed by atoms with Gasteiger partial charge in [-0.1, -0.05) is 58.0 Å². The van der Waals surface area contributed by atoms with E-state index in [-0.39, 0.29) is 0 Å². The summed E-state index contributed by atoms with van der Waals surface area (Å²) in [5, 5.41) is 3.74. The standard InChI is InChI=1S/C18H30N2/c1-14(2)17-13-20(18(12-19-17)15(3)4)11-10-16-8-6-5-7-9-16/h5-9,14-15,17-19H,10-13H2,1-4H3. The second-order valence-corrected chi connectivity index (χ2v) is 6.80. The van der Waals surface area contributed by atoms with Crippen LogP contribution in [0, 0.1) is 11.8 Å². The molecule has 0 spiro atoms.